The van der Waals surface area contributed by atoms with Gasteiger partial charge in [0.2, 0.25) is 7.37 Å². The highest BCUT2D eigenvalue weighted by atomic mass is 31.2. The predicted molar refractivity (Wildman–Crippen MR) is 52.2 cm³/mol. The third kappa shape index (κ3) is 6.22. The Morgan fingerprint density at radius 2 is 1.62 bits per heavy atom. The zero-order valence-electron chi connectivity index (χ0n) is 8.78. The molecule has 0 N–H and O–H groups in total. The summed E-state index contributed by atoms with van der Waals surface area (Å²) in [5.41, 5.74) is 0. The predicted octanol–water partition coefficient (Wildman–Crippen LogP) is 2.29. The Hall–Kier alpha value is 0.110. The lowest BCUT2D eigenvalue weighted by Gasteiger charge is -2.20. The summed E-state index contributed by atoms with van der Waals surface area (Å²) in [4.78, 5) is 0. The lowest BCUT2D eigenvalue weighted by atomic mass is 10.8. The van der Waals surface area contributed by atoms with Gasteiger partial charge >= 0.3 is 0 Å². The molecule has 0 saturated carbocycles. The number of rotatable bonds is 7. The van der Waals surface area contributed by atoms with Gasteiger partial charge in [0.25, 0.3) is 6.48 Å². The van der Waals surface area contributed by atoms with Crippen LogP contribution in [0.25, 0.3) is 0 Å². The van der Waals surface area contributed by atoms with Gasteiger partial charge in [-0.25, -0.2) is 0 Å². The first kappa shape index (κ1) is 13.1. The van der Waals surface area contributed by atoms with Crippen LogP contribution in [0, 0.1) is 0 Å². The Bertz CT molecular complexity index is 166. The molecule has 0 aliphatic carbocycles. The van der Waals surface area contributed by atoms with Crippen LogP contribution in [0.5, 0.6) is 0 Å². The molecule has 0 fully saturated rings. The minimum absolute atomic E-state index is 0.481. The standard InChI is InChI=1S/C8H19O4P/c1-5-10-8(11-6-2)12-13(4,9)7-3/h8H,5-7H2,1-4H3. The maximum absolute atomic E-state index is 11.6. The van der Waals surface area contributed by atoms with Crippen molar-refractivity contribution >= 4 is 7.37 Å². The van der Waals surface area contributed by atoms with Crippen molar-refractivity contribution in [2.24, 2.45) is 0 Å². The Balaban J connectivity index is 4.00. The van der Waals surface area contributed by atoms with Gasteiger partial charge in [-0.05, 0) is 13.8 Å². The first-order chi connectivity index (χ1) is 6.05. The number of ether oxygens (including phenoxy) is 2. The highest BCUT2D eigenvalue weighted by Crippen LogP contribution is 2.43. The van der Waals surface area contributed by atoms with Gasteiger partial charge in [0.15, 0.2) is 0 Å². The van der Waals surface area contributed by atoms with E-state index in [0.29, 0.717) is 19.4 Å². The zero-order valence-corrected chi connectivity index (χ0v) is 9.67. The third-order valence-corrected chi connectivity index (χ3v) is 3.26. The molecule has 0 aromatic heterocycles. The van der Waals surface area contributed by atoms with Crippen molar-refractivity contribution < 1.29 is 18.6 Å². The minimum Gasteiger partial charge on any atom is -0.330 e. The van der Waals surface area contributed by atoms with E-state index in [1.165, 1.54) is 0 Å². The van der Waals surface area contributed by atoms with Crippen molar-refractivity contribution in [2.45, 2.75) is 27.2 Å². The molecule has 1 unspecified atom stereocenters. The maximum atomic E-state index is 11.6. The summed E-state index contributed by atoms with van der Waals surface area (Å²) in [6, 6.07) is 0. The van der Waals surface area contributed by atoms with E-state index in [1.54, 1.807) is 6.66 Å². The first-order valence-electron chi connectivity index (χ1n) is 4.53. The quantitative estimate of drug-likeness (QED) is 0.477. The van der Waals surface area contributed by atoms with Crippen LogP contribution < -0.4 is 0 Å². The van der Waals surface area contributed by atoms with E-state index >= 15 is 0 Å². The highest BCUT2D eigenvalue weighted by molar-refractivity contribution is 7.58. The molecule has 0 radical (unpaired) electrons. The van der Waals surface area contributed by atoms with Gasteiger partial charge in [-0.2, -0.15) is 0 Å². The maximum Gasteiger partial charge on any atom is 0.277 e. The molecule has 0 amide bonds. The largest absolute Gasteiger partial charge is 0.330 e. The van der Waals surface area contributed by atoms with Crippen molar-refractivity contribution in [1.29, 1.82) is 0 Å². The fraction of sp³-hybridized carbons (Fsp3) is 1.00. The second-order valence-corrected chi connectivity index (χ2v) is 5.51. The molecular weight excluding hydrogens is 191 g/mol. The summed E-state index contributed by atoms with van der Waals surface area (Å²) >= 11 is 0. The fourth-order valence-electron chi connectivity index (χ4n) is 0.638. The van der Waals surface area contributed by atoms with Crippen LogP contribution in [-0.4, -0.2) is 32.5 Å². The molecule has 0 aromatic rings. The van der Waals surface area contributed by atoms with Gasteiger partial charge in [0, 0.05) is 26.0 Å². The van der Waals surface area contributed by atoms with E-state index in [4.69, 9.17) is 14.0 Å². The van der Waals surface area contributed by atoms with E-state index in [9.17, 15) is 4.57 Å². The number of hydrogen-bond donors (Lipinski definition) is 0. The average Bonchev–Trinajstić information content (AvgIpc) is 2.05. The van der Waals surface area contributed by atoms with E-state index in [1.807, 2.05) is 20.8 Å². The summed E-state index contributed by atoms with van der Waals surface area (Å²) in [5.74, 6) is 0. The summed E-state index contributed by atoms with van der Waals surface area (Å²) < 4.78 is 26.9. The molecule has 1 atom stereocenters. The van der Waals surface area contributed by atoms with E-state index in [2.05, 4.69) is 0 Å². The smallest absolute Gasteiger partial charge is 0.277 e. The lowest BCUT2D eigenvalue weighted by molar-refractivity contribution is -0.241. The Morgan fingerprint density at radius 3 is 1.92 bits per heavy atom. The Kier molecular flexibility index (Phi) is 6.60. The average molecular weight is 210 g/mol. The normalized spacial score (nSPS) is 16.1. The minimum atomic E-state index is -2.54. The molecule has 5 heteroatoms. The topological polar surface area (TPSA) is 44.8 Å². The molecule has 0 heterocycles. The van der Waals surface area contributed by atoms with Crippen molar-refractivity contribution in [2.75, 3.05) is 26.0 Å². The van der Waals surface area contributed by atoms with E-state index < -0.39 is 13.8 Å². The monoisotopic (exact) mass is 210 g/mol. The lowest BCUT2D eigenvalue weighted by Crippen LogP contribution is -2.20. The van der Waals surface area contributed by atoms with Gasteiger partial charge in [0.05, 0.1) is 0 Å². The molecule has 0 rings (SSSR count). The summed E-state index contributed by atoms with van der Waals surface area (Å²) in [7, 11) is -2.54. The summed E-state index contributed by atoms with van der Waals surface area (Å²) in [6.45, 7) is 7.24. The molecule has 13 heavy (non-hydrogen) atoms. The molecule has 0 saturated heterocycles. The van der Waals surface area contributed by atoms with Gasteiger partial charge < -0.3 is 9.47 Å². The van der Waals surface area contributed by atoms with Gasteiger partial charge in [0.1, 0.15) is 0 Å². The van der Waals surface area contributed by atoms with Crippen LogP contribution in [0.15, 0.2) is 0 Å². The van der Waals surface area contributed by atoms with Crippen molar-refractivity contribution in [3.63, 3.8) is 0 Å². The van der Waals surface area contributed by atoms with Crippen LogP contribution in [0.1, 0.15) is 20.8 Å². The first-order valence-corrected chi connectivity index (χ1v) is 6.79. The van der Waals surface area contributed by atoms with Crippen molar-refractivity contribution in [1.82, 2.24) is 0 Å². The molecule has 80 valence electrons. The molecule has 0 aliphatic heterocycles. The van der Waals surface area contributed by atoms with Gasteiger partial charge in [-0.1, -0.05) is 6.92 Å². The summed E-state index contributed by atoms with van der Waals surface area (Å²) in [6.07, 6.45) is 0.490. The number of hydrogen-bond acceptors (Lipinski definition) is 4. The zero-order chi connectivity index (χ0) is 10.3. The third-order valence-electron chi connectivity index (χ3n) is 1.49. The SMILES string of the molecule is CCOC(OCC)OP(C)(=O)CC. The Labute approximate surface area is 80.0 Å². The molecule has 0 bridgehead atoms. The van der Waals surface area contributed by atoms with Crippen LogP contribution in [0.4, 0.5) is 0 Å². The molecule has 0 aromatic carbocycles. The van der Waals surface area contributed by atoms with Crippen LogP contribution >= 0.6 is 7.37 Å². The molecule has 4 nitrogen and oxygen atoms in total. The van der Waals surface area contributed by atoms with E-state index in [0.717, 1.165) is 0 Å². The van der Waals surface area contributed by atoms with E-state index in [-0.39, 0.29) is 0 Å². The Morgan fingerprint density at radius 1 is 1.15 bits per heavy atom. The fourth-order valence-corrected chi connectivity index (χ4v) is 1.27. The van der Waals surface area contributed by atoms with Crippen LogP contribution in [-0.2, 0) is 18.6 Å². The van der Waals surface area contributed by atoms with Gasteiger partial charge in [-0.3, -0.25) is 9.09 Å². The van der Waals surface area contributed by atoms with Crippen LogP contribution in [0.3, 0.4) is 0 Å². The van der Waals surface area contributed by atoms with Crippen molar-refractivity contribution in [3.05, 3.63) is 0 Å². The summed E-state index contributed by atoms with van der Waals surface area (Å²) in [5, 5.41) is 0. The molecular formula is C8H19O4P. The van der Waals surface area contributed by atoms with Gasteiger partial charge in [-0.15, -0.1) is 0 Å². The second kappa shape index (κ2) is 6.55. The second-order valence-electron chi connectivity index (χ2n) is 2.64. The molecule has 0 spiro atoms. The van der Waals surface area contributed by atoms with Crippen molar-refractivity contribution in [3.8, 4) is 0 Å². The van der Waals surface area contributed by atoms with Crippen LogP contribution in [0.2, 0.25) is 0 Å². The highest BCUT2D eigenvalue weighted by Gasteiger charge is 2.20. The molecule has 0 aliphatic rings.